The van der Waals surface area contributed by atoms with Crippen LogP contribution in [-0.2, 0) is 14.8 Å². The zero-order valence-corrected chi connectivity index (χ0v) is 11.2. The second-order valence-corrected chi connectivity index (χ2v) is 5.63. The predicted octanol–water partition coefficient (Wildman–Crippen LogP) is 0.456. The molecule has 1 atom stereocenters. The molecule has 0 aliphatic heterocycles. The number of carboxylic acid groups (broad SMARTS) is 1. The molecule has 104 valence electrons. The zero-order chi connectivity index (χ0) is 14.6. The van der Waals surface area contributed by atoms with Crippen molar-refractivity contribution >= 4 is 22.0 Å². The summed E-state index contributed by atoms with van der Waals surface area (Å²) >= 11 is 0. The third-order valence-electron chi connectivity index (χ3n) is 2.28. The second kappa shape index (κ2) is 5.70. The van der Waals surface area contributed by atoms with Crippen LogP contribution in [0.4, 0.5) is 4.79 Å². The molecule has 1 rings (SSSR count). The topological polar surface area (TPSA) is 113 Å². The molecule has 0 unspecified atom stereocenters. The number of urea groups is 1. The number of carboxylic acids is 1. The van der Waals surface area contributed by atoms with Crippen molar-refractivity contribution in [3.8, 4) is 0 Å². The highest BCUT2D eigenvalue weighted by Gasteiger charge is 2.20. The van der Waals surface area contributed by atoms with Crippen LogP contribution in [0.2, 0.25) is 0 Å². The van der Waals surface area contributed by atoms with Crippen molar-refractivity contribution in [2.75, 3.05) is 0 Å². The Morgan fingerprint density at radius 2 is 1.74 bits per heavy atom. The van der Waals surface area contributed by atoms with E-state index in [4.69, 9.17) is 5.11 Å². The Morgan fingerprint density at radius 1 is 1.21 bits per heavy atom. The Labute approximate surface area is 110 Å². The highest BCUT2D eigenvalue weighted by molar-refractivity contribution is 7.90. The molecule has 0 aromatic heterocycles. The lowest BCUT2D eigenvalue weighted by Crippen LogP contribution is -2.46. The smallest absolute Gasteiger partial charge is 0.329 e. The summed E-state index contributed by atoms with van der Waals surface area (Å²) in [4.78, 5) is 21.8. The summed E-state index contributed by atoms with van der Waals surface area (Å²) in [6.45, 7) is 3.02. The van der Waals surface area contributed by atoms with Crippen LogP contribution < -0.4 is 10.0 Å². The molecular formula is C11H14N2O5S. The maximum Gasteiger partial charge on any atom is 0.329 e. The third kappa shape index (κ3) is 4.25. The van der Waals surface area contributed by atoms with E-state index in [1.54, 1.807) is 23.8 Å². The Kier molecular flexibility index (Phi) is 4.49. The van der Waals surface area contributed by atoms with Crippen LogP contribution >= 0.6 is 0 Å². The molecule has 0 radical (unpaired) electrons. The molecule has 19 heavy (non-hydrogen) atoms. The van der Waals surface area contributed by atoms with Gasteiger partial charge in [-0.25, -0.2) is 17.9 Å². The van der Waals surface area contributed by atoms with Gasteiger partial charge in [-0.15, -0.1) is 0 Å². The van der Waals surface area contributed by atoms with Crippen LogP contribution in [-0.4, -0.2) is 31.6 Å². The minimum atomic E-state index is -4.00. The third-order valence-corrected chi connectivity index (χ3v) is 3.62. The fourth-order valence-electron chi connectivity index (χ4n) is 1.19. The van der Waals surface area contributed by atoms with Gasteiger partial charge in [-0.1, -0.05) is 17.7 Å². The fourth-order valence-corrected chi connectivity index (χ4v) is 2.10. The quantitative estimate of drug-likeness (QED) is 0.744. The summed E-state index contributed by atoms with van der Waals surface area (Å²) in [6, 6.07) is 3.61. The molecule has 0 bridgehead atoms. The molecule has 1 aromatic carbocycles. The van der Waals surface area contributed by atoms with Crippen molar-refractivity contribution < 1.29 is 23.1 Å². The molecule has 0 aliphatic rings. The standard InChI is InChI=1S/C11H14N2O5S/c1-7-3-5-9(6-4-7)19(17,18)13-11(16)12-8(2)10(14)15/h3-6,8H,1-2H3,(H,14,15)(H2,12,13,16)/t8-/m0/s1. The van der Waals surface area contributed by atoms with E-state index in [0.29, 0.717) is 0 Å². The second-order valence-electron chi connectivity index (χ2n) is 3.95. The van der Waals surface area contributed by atoms with Crippen LogP contribution in [0, 0.1) is 6.92 Å². The minimum Gasteiger partial charge on any atom is -0.480 e. The highest BCUT2D eigenvalue weighted by Crippen LogP contribution is 2.09. The molecule has 7 nitrogen and oxygen atoms in total. The molecular weight excluding hydrogens is 272 g/mol. The number of carbonyl (C=O) groups is 2. The number of amides is 2. The monoisotopic (exact) mass is 286 g/mol. The number of benzene rings is 1. The van der Waals surface area contributed by atoms with Crippen molar-refractivity contribution in [2.24, 2.45) is 0 Å². The Hall–Kier alpha value is -2.09. The minimum absolute atomic E-state index is 0.0729. The van der Waals surface area contributed by atoms with Gasteiger partial charge in [0.2, 0.25) is 0 Å². The first-order chi connectivity index (χ1) is 8.72. The number of carbonyl (C=O) groups excluding carboxylic acids is 1. The Morgan fingerprint density at radius 3 is 2.21 bits per heavy atom. The fraction of sp³-hybridized carbons (Fsp3) is 0.273. The molecule has 2 amide bonds. The first kappa shape index (κ1) is 15.0. The number of aliphatic carboxylic acids is 1. The van der Waals surface area contributed by atoms with E-state index < -0.39 is 28.1 Å². The summed E-state index contributed by atoms with van der Waals surface area (Å²) in [5.41, 5.74) is 0.878. The van der Waals surface area contributed by atoms with Gasteiger partial charge in [0.1, 0.15) is 6.04 Å². The summed E-state index contributed by atoms with van der Waals surface area (Å²) in [5.74, 6) is -1.26. The molecule has 0 saturated carbocycles. The number of hydrogen-bond donors (Lipinski definition) is 3. The van der Waals surface area contributed by atoms with Crippen molar-refractivity contribution in [3.63, 3.8) is 0 Å². The van der Waals surface area contributed by atoms with E-state index in [9.17, 15) is 18.0 Å². The van der Waals surface area contributed by atoms with E-state index in [-0.39, 0.29) is 4.90 Å². The Balaban J connectivity index is 2.77. The van der Waals surface area contributed by atoms with Crippen molar-refractivity contribution in [3.05, 3.63) is 29.8 Å². The van der Waals surface area contributed by atoms with Gasteiger partial charge in [-0.2, -0.15) is 0 Å². The van der Waals surface area contributed by atoms with Gasteiger partial charge >= 0.3 is 12.0 Å². The molecule has 8 heteroatoms. The van der Waals surface area contributed by atoms with E-state index in [0.717, 1.165) is 5.56 Å². The summed E-state index contributed by atoms with van der Waals surface area (Å²) < 4.78 is 25.3. The average Bonchev–Trinajstić information content (AvgIpc) is 2.28. The van der Waals surface area contributed by atoms with Crippen molar-refractivity contribution in [2.45, 2.75) is 24.8 Å². The van der Waals surface area contributed by atoms with Gasteiger partial charge in [-0.3, -0.25) is 4.79 Å². The molecule has 0 heterocycles. The molecule has 3 N–H and O–H groups in total. The highest BCUT2D eigenvalue weighted by atomic mass is 32.2. The number of aryl methyl sites for hydroxylation is 1. The summed E-state index contributed by atoms with van der Waals surface area (Å²) in [5, 5.41) is 10.6. The maximum atomic E-state index is 11.8. The van der Waals surface area contributed by atoms with Crippen molar-refractivity contribution in [1.29, 1.82) is 0 Å². The Bertz CT molecular complexity index is 580. The summed E-state index contributed by atoms with van der Waals surface area (Å²) in [7, 11) is -4.00. The lowest BCUT2D eigenvalue weighted by molar-refractivity contribution is -0.138. The summed E-state index contributed by atoms with van der Waals surface area (Å²) in [6.07, 6.45) is 0. The van der Waals surface area contributed by atoms with Crippen LogP contribution in [0.1, 0.15) is 12.5 Å². The van der Waals surface area contributed by atoms with Crippen LogP contribution in [0.5, 0.6) is 0 Å². The number of rotatable bonds is 4. The molecule has 1 aromatic rings. The molecule has 0 saturated heterocycles. The van der Waals surface area contributed by atoms with Crippen molar-refractivity contribution in [1.82, 2.24) is 10.0 Å². The molecule has 0 spiro atoms. The van der Waals surface area contributed by atoms with Crippen LogP contribution in [0.15, 0.2) is 29.2 Å². The van der Waals surface area contributed by atoms with Gasteiger partial charge in [0.15, 0.2) is 0 Å². The first-order valence-electron chi connectivity index (χ1n) is 5.35. The number of hydrogen-bond acceptors (Lipinski definition) is 4. The lowest BCUT2D eigenvalue weighted by atomic mass is 10.2. The SMILES string of the molecule is Cc1ccc(S(=O)(=O)NC(=O)N[C@@H](C)C(=O)O)cc1. The first-order valence-corrected chi connectivity index (χ1v) is 6.83. The maximum absolute atomic E-state index is 11.8. The van der Waals surface area contributed by atoms with Gasteiger partial charge in [0, 0.05) is 0 Å². The van der Waals surface area contributed by atoms with Gasteiger partial charge in [0.05, 0.1) is 4.90 Å². The van der Waals surface area contributed by atoms with Crippen LogP contribution in [0.25, 0.3) is 0 Å². The van der Waals surface area contributed by atoms with Gasteiger partial charge in [0.25, 0.3) is 10.0 Å². The predicted molar refractivity (Wildman–Crippen MR) is 67.1 cm³/mol. The molecule has 0 aliphatic carbocycles. The largest absolute Gasteiger partial charge is 0.480 e. The lowest BCUT2D eigenvalue weighted by Gasteiger charge is -2.11. The van der Waals surface area contributed by atoms with E-state index >= 15 is 0 Å². The normalized spacial score (nSPS) is 12.5. The van der Waals surface area contributed by atoms with Gasteiger partial charge < -0.3 is 10.4 Å². The number of nitrogens with one attached hydrogen (secondary N) is 2. The van der Waals surface area contributed by atoms with Crippen LogP contribution in [0.3, 0.4) is 0 Å². The molecule has 0 fully saturated rings. The van der Waals surface area contributed by atoms with E-state index in [1.807, 2.05) is 5.32 Å². The zero-order valence-electron chi connectivity index (χ0n) is 10.4. The average molecular weight is 286 g/mol. The van der Waals surface area contributed by atoms with E-state index in [2.05, 4.69) is 0 Å². The van der Waals surface area contributed by atoms with E-state index in [1.165, 1.54) is 19.1 Å². The number of sulfonamides is 1. The van der Waals surface area contributed by atoms with Gasteiger partial charge in [-0.05, 0) is 26.0 Å².